The summed E-state index contributed by atoms with van der Waals surface area (Å²) < 4.78 is 30.1. The van der Waals surface area contributed by atoms with E-state index in [1.54, 1.807) is 12.1 Å². The minimum absolute atomic E-state index is 0.0624. The van der Waals surface area contributed by atoms with Crippen LogP contribution in [0.1, 0.15) is 45.1 Å². The number of benzene rings is 2. The number of aromatic nitrogens is 2. The largest absolute Gasteiger partial charge is 0.319 e. The van der Waals surface area contributed by atoms with E-state index in [0.717, 1.165) is 55.0 Å². The predicted molar refractivity (Wildman–Crippen MR) is 138 cm³/mol. The van der Waals surface area contributed by atoms with Crippen LogP contribution in [0.3, 0.4) is 0 Å². The van der Waals surface area contributed by atoms with E-state index >= 15 is 0 Å². The number of nitrogens with one attached hydrogen (secondary N) is 1. The van der Waals surface area contributed by atoms with Crippen LogP contribution in [0, 0.1) is 0 Å². The van der Waals surface area contributed by atoms with Gasteiger partial charge in [-0.25, -0.2) is 18.1 Å². The zero-order valence-electron chi connectivity index (χ0n) is 19.8. The van der Waals surface area contributed by atoms with Gasteiger partial charge >= 0.3 is 0 Å². The Morgan fingerprint density at radius 1 is 1.12 bits per heavy atom. The van der Waals surface area contributed by atoms with Crippen LogP contribution in [0.2, 0.25) is 0 Å². The summed E-state index contributed by atoms with van der Waals surface area (Å²) in [5, 5.41) is 0.748. The Labute approximate surface area is 206 Å². The molecule has 0 atom stereocenters. The highest BCUT2D eigenvalue weighted by molar-refractivity contribution is 7.99. The van der Waals surface area contributed by atoms with Gasteiger partial charge in [-0.15, -0.1) is 0 Å². The van der Waals surface area contributed by atoms with Gasteiger partial charge in [-0.2, -0.15) is 0 Å². The number of carbonyl (C=O) groups excluding carboxylic acids is 1. The maximum Gasteiger partial charge on any atom is 0.240 e. The molecule has 9 heteroatoms. The van der Waals surface area contributed by atoms with E-state index in [1.807, 2.05) is 36.1 Å². The molecular formula is C25H32N4O3S2. The molecule has 0 bridgehead atoms. The van der Waals surface area contributed by atoms with Crippen LogP contribution in [0.15, 0.2) is 52.5 Å². The van der Waals surface area contributed by atoms with Crippen molar-refractivity contribution in [3.8, 4) is 0 Å². The number of hydrogen-bond donors (Lipinski definition) is 1. The van der Waals surface area contributed by atoms with Crippen LogP contribution in [0.5, 0.6) is 0 Å². The summed E-state index contributed by atoms with van der Waals surface area (Å²) in [5.74, 6) is 0.348. The van der Waals surface area contributed by atoms with Gasteiger partial charge in [0, 0.05) is 25.3 Å². The van der Waals surface area contributed by atoms with Crippen molar-refractivity contribution in [1.82, 2.24) is 14.3 Å². The smallest absolute Gasteiger partial charge is 0.240 e. The number of rotatable bonds is 11. The Kier molecular flexibility index (Phi) is 7.95. The Bertz CT molecular complexity index is 1270. The first-order chi connectivity index (χ1) is 16.4. The molecule has 0 unspecified atom stereocenters. The van der Waals surface area contributed by atoms with Gasteiger partial charge in [0.2, 0.25) is 15.9 Å². The molecule has 4 rings (SSSR count). The number of aryl methyl sites for hydroxylation is 1. The molecule has 1 aliphatic heterocycles. The van der Waals surface area contributed by atoms with Crippen LogP contribution >= 0.6 is 11.8 Å². The van der Waals surface area contributed by atoms with Crippen molar-refractivity contribution < 1.29 is 13.2 Å². The molecule has 0 saturated carbocycles. The van der Waals surface area contributed by atoms with Crippen LogP contribution in [0.25, 0.3) is 11.0 Å². The molecule has 0 aliphatic carbocycles. The molecular weight excluding hydrogens is 468 g/mol. The van der Waals surface area contributed by atoms with Gasteiger partial charge in [0.05, 0.1) is 21.7 Å². The van der Waals surface area contributed by atoms with Gasteiger partial charge in [0.25, 0.3) is 0 Å². The third-order valence-electron chi connectivity index (χ3n) is 6.07. The molecule has 182 valence electrons. The number of hydrogen-bond acceptors (Lipinski definition) is 5. The lowest BCUT2D eigenvalue weighted by Gasteiger charge is -2.17. The number of nitrogens with zero attached hydrogens (tertiary/aromatic N) is 3. The molecule has 1 amide bonds. The molecule has 3 aromatic rings. The van der Waals surface area contributed by atoms with Gasteiger partial charge < -0.3 is 9.47 Å². The number of anilines is 1. The third-order valence-corrected chi connectivity index (χ3v) is 8.49. The number of para-hydroxylation sites is 1. The first-order valence-electron chi connectivity index (χ1n) is 12.0. The lowest BCUT2D eigenvalue weighted by molar-refractivity contribution is -0.116. The van der Waals surface area contributed by atoms with E-state index in [4.69, 9.17) is 4.98 Å². The Morgan fingerprint density at radius 3 is 2.71 bits per heavy atom. The molecule has 0 saturated heterocycles. The second-order valence-corrected chi connectivity index (χ2v) is 11.2. The number of thioether (sulfide) groups is 1. The second-order valence-electron chi connectivity index (χ2n) is 8.51. The molecule has 34 heavy (non-hydrogen) atoms. The second kappa shape index (κ2) is 10.9. The summed E-state index contributed by atoms with van der Waals surface area (Å²) in [6, 6.07) is 13.1. The average molecular weight is 501 g/mol. The number of fused-ring (bicyclic) bond motifs is 2. The predicted octanol–water partition coefficient (Wildman–Crippen LogP) is 4.60. The van der Waals surface area contributed by atoms with Gasteiger partial charge in [-0.3, -0.25) is 4.79 Å². The number of unbranched alkanes of at least 4 members (excludes halogenated alkanes) is 2. The SMILES string of the molecule is CCCCNS(=O)(=O)c1ccc2c(c1)nc(SCC(=O)N1CCc3ccccc31)n2CCCC. The summed E-state index contributed by atoms with van der Waals surface area (Å²) in [6.07, 6.45) is 4.60. The minimum atomic E-state index is -3.58. The minimum Gasteiger partial charge on any atom is -0.319 e. The highest BCUT2D eigenvalue weighted by atomic mass is 32.2. The van der Waals surface area contributed by atoms with Crippen molar-refractivity contribution in [2.45, 2.75) is 62.5 Å². The summed E-state index contributed by atoms with van der Waals surface area (Å²) in [5.41, 5.74) is 3.73. The lowest BCUT2D eigenvalue weighted by atomic mass is 10.2. The highest BCUT2D eigenvalue weighted by Crippen LogP contribution is 2.30. The molecule has 0 fully saturated rings. The topological polar surface area (TPSA) is 84.3 Å². The van der Waals surface area contributed by atoms with Crippen LogP contribution in [-0.2, 0) is 27.8 Å². The van der Waals surface area contributed by atoms with Gasteiger partial charge in [-0.05, 0) is 49.1 Å². The maximum absolute atomic E-state index is 13.0. The third kappa shape index (κ3) is 5.31. The van der Waals surface area contributed by atoms with E-state index in [1.165, 1.54) is 17.3 Å². The normalized spacial score (nSPS) is 13.5. The number of imidazole rings is 1. The molecule has 0 radical (unpaired) electrons. The van der Waals surface area contributed by atoms with Crippen molar-refractivity contribution in [2.75, 3.05) is 23.7 Å². The van der Waals surface area contributed by atoms with Crippen LogP contribution in [0.4, 0.5) is 5.69 Å². The van der Waals surface area contributed by atoms with Gasteiger partial charge in [0.1, 0.15) is 0 Å². The Morgan fingerprint density at radius 2 is 1.91 bits per heavy atom. The molecule has 1 aliphatic rings. The summed E-state index contributed by atoms with van der Waals surface area (Å²) >= 11 is 1.42. The Hall–Kier alpha value is -2.36. The van der Waals surface area contributed by atoms with Gasteiger partial charge in [-0.1, -0.05) is 56.7 Å². The number of sulfonamides is 1. The van der Waals surface area contributed by atoms with Crippen LogP contribution < -0.4 is 9.62 Å². The quantitative estimate of drug-likeness (QED) is 0.307. The highest BCUT2D eigenvalue weighted by Gasteiger charge is 2.25. The maximum atomic E-state index is 13.0. The molecule has 7 nitrogen and oxygen atoms in total. The van der Waals surface area contributed by atoms with Gasteiger partial charge in [0.15, 0.2) is 5.16 Å². The fraction of sp³-hybridized carbons (Fsp3) is 0.440. The summed E-state index contributed by atoms with van der Waals surface area (Å²) in [6.45, 7) is 6.06. The van der Waals surface area contributed by atoms with Crippen molar-refractivity contribution >= 4 is 44.4 Å². The van der Waals surface area contributed by atoms with E-state index < -0.39 is 10.0 Å². The van der Waals surface area contributed by atoms with E-state index in [-0.39, 0.29) is 16.6 Å². The van der Waals surface area contributed by atoms with E-state index in [0.29, 0.717) is 18.6 Å². The summed E-state index contributed by atoms with van der Waals surface area (Å²) in [7, 11) is -3.58. The fourth-order valence-corrected chi connectivity index (χ4v) is 6.18. The van der Waals surface area contributed by atoms with E-state index in [2.05, 4.69) is 22.3 Å². The van der Waals surface area contributed by atoms with E-state index in [9.17, 15) is 13.2 Å². The molecule has 2 heterocycles. The van der Waals surface area contributed by atoms with Crippen molar-refractivity contribution in [1.29, 1.82) is 0 Å². The summed E-state index contributed by atoms with van der Waals surface area (Å²) in [4.78, 5) is 19.8. The first-order valence-corrected chi connectivity index (χ1v) is 14.4. The molecule has 0 spiro atoms. The molecule has 2 aromatic carbocycles. The van der Waals surface area contributed by atoms with Crippen molar-refractivity contribution in [3.05, 3.63) is 48.0 Å². The number of amides is 1. The molecule has 1 aromatic heterocycles. The van der Waals surface area contributed by atoms with Crippen molar-refractivity contribution in [3.63, 3.8) is 0 Å². The molecule has 1 N–H and O–H groups in total. The zero-order valence-corrected chi connectivity index (χ0v) is 21.4. The van der Waals surface area contributed by atoms with Crippen molar-refractivity contribution in [2.24, 2.45) is 0 Å². The monoisotopic (exact) mass is 500 g/mol. The standard InChI is InChI=1S/C25H32N4O3S2/c1-3-5-14-26-34(31,32)20-11-12-23-21(17-20)27-25(29(23)15-6-4-2)33-18-24(30)28-16-13-19-9-7-8-10-22(19)28/h7-12,17,26H,3-6,13-16,18H2,1-2H3. The zero-order chi connectivity index (χ0) is 24.1. The first kappa shape index (κ1) is 24.8. The van der Waals surface area contributed by atoms with Crippen LogP contribution in [-0.4, -0.2) is 42.7 Å². The Balaban J connectivity index is 1.55. The lowest BCUT2D eigenvalue weighted by Crippen LogP contribution is -2.30. The average Bonchev–Trinajstić information content (AvgIpc) is 3.42. The fourth-order valence-electron chi connectivity index (χ4n) is 4.17. The number of carbonyl (C=O) groups is 1.